The molecule has 9 heteroatoms. The van der Waals surface area contributed by atoms with Gasteiger partial charge in [0.2, 0.25) is 11.7 Å². The molecule has 1 aromatic heterocycles. The molecule has 5 nitrogen and oxygen atoms in total. The molecule has 1 saturated heterocycles. The Balaban J connectivity index is 1.44. The number of benzene rings is 2. The van der Waals surface area contributed by atoms with Crippen molar-refractivity contribution in [3.8, 4) is 11.4 Å². The molecule has 1 amide bonds. The van der Waals surface area contributed by atoms with E-state index in [2.05, 4.69) is 26.1 Å². The Bertz CT molecular complexity index is 1010. The lowest BCUT2D eigenvalue weighted by Gasteiger charge is -2.37. The number of likely N-dealkylation sites (tertiary alicyclic amines) is 1. The molecule has 1 aliphatic heterocycles. The second-order valence-corrected chi connectivity index (χ2v) is 7.36. The monoisotopic (exact) mass is 451 g/mol. The number of hydrogen-bond donors (Lipinski definition) is 0. The second kappa shape index (κ2) is 7.05. The molecule has 3 aromatic rings. The van der Waals surface area contributed by atoms with E-state index in [1.54, 1.807) is 29.2 Å². The molecule has 0 atom stereocenters. The number of halogens is 4. The van der Waals surface area contributed by atoms with E-state index in [1.807, 2.05) is 0 Å². The largest absolute Gasteiger partial charge is 0.416 e. The van der Waals surface area contributed by atoms with Gasteiger partial charge >= 0.3 is 6.18 Å². The van der Waals surface area contributed by atoms with Gasteiger partial charge in [0.15, 0.2) is 0 Å². The molecule has 4 rings (SSSR count). The highest BCUT2D eigenvalue weighted by Crippen LogP contribution is 2.33. The molecule has 28 heavy (non-hydrogen) atoms. The molecule has 144 valence electrons. The fourth-order valence-electron chi connectivity index (χ4n) is 2.93. The lowest BCUT2D eigenvalue weighted by Crippen LogP contribution is -2.48. The fourth-order valence-corrected chi connectivity index (χ4v) is 3.19. The average molecular weight is 452 g/mol. The van der Waals surface area contributed by atoms with Crippen molar-refractivity contribution in [3.05, 3.63) is 70.0 Å². The first-order valence-electron chi connectivity index (χ1n) is 8.37. The molecule has 0 bridgehead atoms. The molecule has 0 unspecified atom stereocenters. The van der Waals surface area contributed by atoms with E-state index < -0.39 is 11.7 Å². The summed E-state index contributed by atoms with van der Waals surface area (Å²) in [7, 11) is 0. The number of rotatable bonds is 3. The Morgan fingerprint density at radius 2 is 1.86 bits per heavy atom. The van der Waals surface area contributed by atoms with E-state index >= 15 is 0 Å². The minimum absolute atomic E-state index is 0.0960. The maximum absolute atomic E-state index is 12.9. The summed E-state index contributed by atoms with van der Waals surface area (Å²) >= 11 is 3.32. The molecule has 2 aromatic carbocycles. The number of carbonyl (C=O) groups excluding carboxylic acids is 1. The number of nitrogens with zero attached hydrogens (tertiary/aromatic N) is 3. The molecular formula is C19H13BrF3N3O2. The third-order valence-electron chi connectivity index (χ3n) is 4.50. The normalized spacial score (nSPS) is 14.8. The van der Waals surface area contributed by atoms with Gasteiger partial charge in [-0.2, -0.15) is 18.2 Å². The second-order valence-electron chi connectivity index (χ2n) is 6.45. The van der Waals surface area contributed by atoms with Crippen molar-refractivity contribution < 1.29 is 22.5 Å². The van der Waals surface area contributed by atoms with E-state index in [0.29, 0.717) is 24.5 Å². The molecule has 0 N–H and O–H groups in total. The highest BCUT2D eigenvalue weighted by atomic mass is 79.9. The van der Waals surface area contributed by atoms with E-state index in [4.69, 9.17) is 4.52 Å². The summed E-state index contributed by atoms with van der Waals surface area (Å²) in [6.45, 7) is 0.832. The lowest BCUT2D eigenvalue weighted by molar-refractivity contribution is -0.137. The molecule has 0 saturated carbocycles. The van der Waals surface area contributed by atoms with Crippen LogP contribution in [0.3, 0.4) is 0 Å². The predicted molar refractivity (Wildman–Crippen MR) is 97.5 cm³/mol. The smallest absolute Gasteiger partial charge is 0.339 e. The summed E-state index contributed by atoms with van der Waals surface area (Å²) in [4.78, 5) is 18.3. The Hall–Kier alpha value is -2.68. The number of amides is 1. The van der Waals surface area contributed by atoms with Crippen LogP contribution in [0.2, 0.25) is 0 Å². The Labute approximate surface area is 166 Å². The van der Waals surface area contributed by atoms with Crippen molar-refractivity contribution in [2.45, 2.75) is 12.1 Å². The van der Waals surface area contributed by atoms with Crippen LogP contribution in [0.1, 0.15) is 27.7 Å². The zero-order chi connectivity index (χ0) is 19.9. The first-order chi connectivity index (χ1) is 13.3. The average Bonchev–Trinajstić information content (AvgIpc) is 3.10. The van der Waals surface area contributed by atoms with Crippen molar-refractivity contribution >= 4 is 21.8 Å². The topological polar surface area (TPSA) is 59.2 Å². The number of carbonyl (C=O) groups is 1. The maximum atomic E-state index is 12.9. The third kappa shape index (κ3) is 3.66. The van der Waals surface area contributed by atoms with E-state index in [1.165, 1.54) is 12.1 Å². The quantitative estimate of drug-likeness (QED) is 0.575. The van der Waals surface area contributed by atoms with Gasteiger partial charge in [0.25, 0.3) is 5.91 Å². The number of aromatic nitrogens is 2. The first-order valence-corrected chi connectivity index (χ1v) is 9.16. The number of hydrogen-bond acceptors (Lipinski definition) is 4. The van der Waals surface area contributed by atoms with Crippen LogP contribution in [0.5, 0.6) is 0 Å². The van der Waals surface area contributed by atoms with Crippen molar-refractivity contribution in [1.29, 1.82) is 0 Å². The summed E-state index contributed by atoms with van der Waals surface area (Å²) in [5.41, 5.74) is 0.0371. The van der Waals surface area contributed by atoms with E-state index in [9.17, 15) is 18.0 Å². The van der Waals surface area contributed by atoms with Crippen LogP contribution in [0, 0.1) is 0 Å². The van der Waals surface area contributed by atoms with Crippen LogP contribution in [0.25, 0.3) is 11.4 Å². The van der Waals surface area contributed by atoms with Crippen LogP contribution < -0.4 is 0 Å². The standard InChI is InChI=1S/C19H13BrF3N3O2/c20-15-6-4-11(5-7-15)18(27)26-9-13(10-26)17-24-16(25-28-17)12-2-1-3-14(8-12)19(21,22)23/h1-8,13H,9-10H2. The SMILES string of the molecule is O=C(c1ccc(Br)cc1)N1CC(c2nc(-c3cccc(C(F)(F)F)c3)no2)C1. The molecular weight excluding hydrogens is 439 g/mol. The lowest BCUT2D eigenvalue weighted by atomic mass is 9.98. The van der Waals surface area contributed by atoms with Crippen molar-refractivity contribution in [1.82, 2.24) is 15.0 Å². The first kappa shape index (κ1) is 18.7. The van der Waals surface area contributed by atoms with Gasteiger partial charge < -0.3 is 9.42 Å². The van der Waals surface area contributed by atoms with Crippen molar-refractivity contribution in [3.63, 3.8) is 0 Å². The Kier molecular flexibility index (Phi) is 4.70. The van der Waals surface area contributed by atoms with Gasteiger partial charge in [0.05, 0.1) is 11.5 Å². The zero-order valence-corrected chi connectivity index (χ0v) is 15.9. The molecule has 1 aliphatic rings. The van der Waals surface area contributed by atoms with Gasteiger partial charge in [-0.25, -0.2) is 0 Å². The van der Waals surface area contributed by atoms with E-state index in [-0.39, 0.29) is 23.2 Å². The van der Waals surface area contributed by atoms with E-state index in [0.717, 1.165) is 16.6 Å². The van der Waals surface area contributed by atoms with Crippen LogP contribution in [0.15, 0.2) is 57.5 Å². The van der Waals surface area contributed by atoms with Crippen molar-refractivity contribution in [2.24, 2.45) is 0 Å². The van der Waals surface area contributed by atoms with Gasteiger partial charge in [-0.3, -0.25) is 4.79 Å². The molecule has 0 spiro atoms. The Morgan fingerprint density at radius 3 is 2.54 bits per heavy atom. The summed E-state index contributed by atoms with van der Waals surface area (Å²) in [6.07, 6.45) is -4.44. The summed E-state index contributed by atoms with van der Waals surface area (Å²) < 4.78 is 44.7. The van der Waals surface area contributed by atoms with Gasteiger partial charge in [-0.15, -0.1) is 0 Å². The van der Waals surface area contributed by atoms with Crippen LogP contribution in [-0.2, 0) is 6.18 Å². The van der Waals surface area contributed by atoms with Gasteiger partial charge in [0.1, 0.15) is 0 Å². The molecule has 1 fully saturated rings. The molecule has 2 heterocycles. The van der Waals surface area contributed by atoms with Crippen LogP contribution in [-0.4, -0.2) is 34.0 Å². The third-order valence-corrected chi connectivity index (χ3v) is 5.03. The number of alkyl halides is 3. The fraction of sp³-hybridized carbons (Fsp3) is 0.211. The van der Waals surface area contributed by atoms with Crippen LogP contribution >= 0.6 is 15.9 Å². The van der Waals surface area contributed by atoms with Gasteiger partial charge in [-0.05, 0) is 36.4 Å². The highest BCUT2D eigenvalue weighted by Gasteiger charge is 2.36. The predicted octanol–water partition coefficient (Wildman–Crippen LogP) is 4.76. The molecule has 0 aliphatic carbocycles. The zero-order valence-electron chi connectivity index (χ0n) is 14.3. The molecule has 0 radical (unpaired) electrons. The summed E-state index contributed by atoms with van der Waals surface area (Å²) in [6, 6.07) is 11.8. The highest BCUT2D eigenvalue weighted by molar-refractivity contribution is 9.10. The van der Waals surface area contributed by atoms with Crippen molar-refractivity contribution in [2.75, 3.05) is 13.1 Å². The summed E-state index contributed by atoms with van der Waals surface area (Å²) in [5.74, 6) is 0.180. The van der Waals surface area contributed by atoms with Gasteiger partial charge in [0, 0.05) is 28.7 Å². The minimum atomic E-state index is -4.44. The van der Waals surface area contributed by atoms with Gasteiger partial charge in [-0.1, -0.05) is 33.2 Å². The minimum Gasteiger partial charge on any atom is -0.339 e. The van der Waals surface area contributed by atoms with Crippen LogP contribution in [0.4, 0.5) is 13.2 Å². The summed E-state index contributed by atoms with van der Waals surface area (Å²) in [5, 5.41) is 3.79. The maximum Gasteiger partial charge on any atom is 0.416 e. The Morgan fingerprint density at radius 1 is 1.14 bits per heavy atom.